The molecule has 0 atom stereocenters. The molecule has 0 amide bonds. The van der Waals surface area contributed by atoms with E-state index in [1.165, 1.54) is 12.0 Å². The molecular formula is C16H21BrO3. The van der Waals surface area contributed by atoms with Gasteiger partial charge in [0.2, 0.25) is 0 Å². The van der Waals surface area contributed by atoms with Crippen molar-refractivity contribution in [3.05, 3.63) is 27.2 Å². The van der Waals surface area contributed by atoms with E-state index in [0.29, 0.717) is 4.47 Å². The summed E-state index contributed by atoms with van der Waals surface area (Å²) < 4.78 is 0.673. The average molecular weight is 341 g/mol. The molecule has 1 aromatic rings. The number of carboxylic acids is 1. The lowest BCUT2D eigenvalue weighted by Crippen LogP contribution is -2.24. The summed E-state index contributed by atoms with van der Waals surface area (Å²) >= 11 is 3.41. The van der Waals surface area contributed by atoms with E-state index in [0.717, 1.165) is 36.8 Å². The van der Waals surface area contributed by atoms with E-state index >= 15 is 0 Å². The third kappa shape index (κ3) is 3.00. The Balaban J connectivity index is 2.61. The van der Waals surface area contributed by atoms with Crippen molar-refractivity contribution >= 4 is 21.9 Å². The highest BCUT2D eigenvalue weighted by Crippen LogP contribution is 2.43. The fourth-order valence-electron chi connectivity index (χ4n) is 3.23. The van der Waals surface area contributed by atoms with Crippen molar-refractivity contribution in [2.45, 2.75) is 57.8 Å². The lowest BCUT2D eigenvalue weighted by atomic mass is 9.76. The van der Waals surface area contributed by atoms with Crippen molar-refractivity contribution in [3.63, 3.8) is 0 Å². The monoisotopic (exact) mass is 340 g/mol. The van der Waals surface area contributed by atoms with Gasteiger partial charge in [0.1, 0.15) is 5.75 Å². The standard InChI is InChI=1S/C16H21BrO3/c1-16(2,9-13(18)19)14-11-7-5-3-4-6-10(11)8-12(17)15(14)20/h8,20H,3-7,9H2,1-2H3,(H,18,19). The van der Waals surface area contributed by atoms with Crippen LogP contribution in [-0.4, -0.2) is 16.2 Å². The van der Waals surface area contributed by atoms with Gasteiger partial charge in [-0.15, -0.1) is 0 Å². The Morgan fingerprint density at radius 2 is 1.95 bits per heavy atom. The highest BCUT2D eigenvalue weighted by atomic mass is 79.9. The predicted molar refractivity (Wildman–Crippen MR) is 82.3 cm³/mol. The lowest BCUT2D eigenvalue weighted by molar-refractivity contribution is -0.138. The van der Waals surface area contributed by atoms with Crippen LogP contribution in [-0.2, 0) is 23.1 Å². The minimum Gasteiger partial charge on any atom is -0.506 e. The maximum absolute atomic E-state index is 11.1. The molecule has 3 nitrogen and oxygen atoms in total. The maximum Gasteiger partial charge on any atom is 0.304 e. The van der Waals surface area contributed by atoms with E-state index in [-0.39, 0.29) is 12.2 Å². The molecule has 1 aliphatic rings. The van der Waals surface area contributed by atoms with Gasteiger partial charge in [-0.2, -0.15) is 0 Å². The number of aromatic hydroxyl groups is 1. The number of benzene rings is 1. The number of carboxylic acid groups (broad SMARTS) is 1. The summed E-state index contributed by atoms with van der Waals surface area (Å²) in [7, 11) is 0. The van der Waals surface area contributed by atoms with Gasteiger partial charge in [0.25, 0.3) is 0 Å². The van der Waals surface area contributed by atoms with Crippen LogP contribution in [0.15, 0.2) is 10.5 Å². The van der Waals surface area contributed by atoms with Crippen LogP contribution in [0.2, 0.25) is 0 Å². The zero-order chi connectivity index (χ0) is 14.9. The zero-order valence-electron chi connectivity index (χ0n) is 12.0. The van der Waals surface area contributed by atoms with Crippen molar-refractivity contribution in [2.75, 3.05) is 0 Å². The Labute approximate surface area is 128 Å². The van der Waals surface area contributed by atoms with Crippen molar-refractivity contribution in [1.29, 1.82) is 0 Å². The van der Waals surface area contributed by atoms with Gasteiger partial charge in [0.05, 0.1) is 10.9 Å². The van der Waals surface area contributed by atoms with Gasteiger partial charge < -0.3 is 10.2 Å². The van der Waals surface area contributed by atoms with Crippen molar-refractivity contribution in [1.82, 2.24) is 0 Å². The summed E-state index contributed by atoms with van der Waals surface area (Å²) in [6.45, 7) is 3.79. The first-order valence-electron chi connectivity index (χ1n) is 7.08. The van der Waals surface area contributed by atoms with Crippen LogP contribution in [0.3, 0.4) is 0 Å². The normalized spacial score (nSPS) is 15.6. The first-order chi connectivity index (χ1) is 9.33. The lowest BCUT2D eigenvalue weighted by Gasteiger charge is -2.29. The molecule has 0 radical (unpaired) electrons. The number of aryl methyl sites for hydroxylation is 1. The molecule has 2 rings (SSSR count). The second kappa shape index (κ2) is 5.76. The molecule has 0 saturated carbocycles. The molecule has 0 bridgehead atoms. The third-order valence-corrected chi connectivity index (χ3v) is 4.70. The second-order valence-corrected chi connectivity index (χ2v) is 7.09. The molecule has 0 aliphatic heterocycles. The van der Waals surface area contributed by atoms with Crippen molar-refractivity contribution in [3.8, 4) is 5.75 Å². The molecule has 1 aromatic carbocycles. The maximum atomic E-state index is 11.1. The van der Waals surface area contributed by atoms with Crippen LogP contribution in [0.1, 0.15) is 56.2 Å². The Hall–Kier alpha value is -1.03. The smallest absolute Gasteiger partial charge is 0.304 e. The molecule has 0 heterocycles. The second-order valence-electron chi connectivity index (χ2n) is 6.23. The molecule has 0 unspecified atom stereocenters. The number of aliphatic carboxylic acids is 1. The summed E-state index contributed by atoms with van der Waals surface area (Å²) in [5, 5.41) is 19.6. The Morgan fingerprint density at radius 1 is 1.30 bits per heavy atom. The summed E-state index contributed by atoms with van der Waals surface area (Å²) in [5.41, 5.74) is 2.65. The number of phenols is 1. The van der Waals surface area contributed by atoms with Crippen molar-refractivity contribution in [2.24, 2.45) is 0 Å². The van der Waals surface area contributed by atoms with E-state index in [1.54, 1.807) is 0 Å². The van der Waals surface area contributed by atoms with E-state index in [4.69, 9.17) is 5.11 Å². The predicted octanol–water partition coefficient (Wildman–Crippen LogP) is 4.18. The highest BCUT2D eigenvalue weighted by molar-refractivity contribution is 9.10. The molecule has 2 N–H and O–H groups in total. The summed E-state index contributed by atoms with van der Waals surface area (Å²) in [6.07, 6.45) is 5.39. The minimum atomic E-state index is -0.836. The highest BCUT2D eigenvalue weighted by Gasteiger charge is 2.32. The SMILES string of the molecule is CC(C)(CC(=O)O)c1c(O)c(Br)cc2c1CCCCC2. The first-order valence-corrected chi connectivity index (χ1v) is 7.87. The van der Waals surface area contributed by atoms with Gasteiger partial charge in [-0.25, -0.2) is 0 Å². The summed E-state index contributed by atoms with van der Waals surface area (Å²) in [4.78, 5) is 11.1. The molecule has 1 aliphatic carbocycles. The summed E-state index contributed by atoms with van der Waals surface area (Å²) in [5.74, 6) is -0.631. The number of fused-ring (bicyclic) bond motifs is 1. The number of hydrogen-bond donors (Lipinski definition) is 2. The van der Waals surface area contributed by atoms with Crippen LogP contribution in [0.25, 0.3) is 0 Å². The fourth-order valence-corrected chi connectivity index (χ4v) is 3.70. The molecule has 20 heavy (non-hydrogen) atoms. The third-order valence-electron chi connectivity index (χ3n) is 4.10. The molecule has 0 spiro atoms. The number of carbonyl (C=O) groups is 1. The molecular weight excluding hydrogens is 320 g/mol. The van der Waals surface area contributed by atoms with Gasteiger partial charge in [-0.1, -0.05) is 20.3 Å². The number of hydrogen-bond acceptors (Lipinski definition) is 2. The largest absolute Gasteiger partial charge is 0.506 e. The quantitative estimate of drug-likeness (QED) is 0.811. The fraction of sp³-hybridized carbons (Fsp3) is 0.562. The Bertz CT molecular complexity index is 535. The molecule has 0 saturated heterocycles. The molecule has 110 valence electrons. The van der Waals surface area contributed by atoms with Crippen LogP contribution < -0.4 is 0 Å². The number of phenolic OH excluding ortho intramolecular Hbond substituents is 1. The van der Waals surface area contributed by atoms with Gasteiger partial charge in [-0.3, -0.25) is 4.79 Å². The van der Waals surface area contributed by atoms with E-state index in [1.807, 2.05) is 19.9 Å². The van der Waals surface area contributed by atoms with E-state index in [2.05, 4.69) is 15.9 Å². The Morgan fingerprint density at radius 3 is 2.60 bits per heavy atom. The van der Waals surface area contributed by atoms with Gasteiger partial charge >= 0.3 is 5.97 Å². The summed E-state index contributed by atoms with van der Waals surface area (Å²) in [6, 6.07) is 2.00. The van der Waals surface area contributed by atoms with E-state index < -0.39 is 11.4 Å². The number of halogens is 1. The molecule has 0 aromatic heterocycles. The van der Waals surface area contributed by atoms with Gasteiger partial charge in [0, 0.05) is 11.0 Å². The molecule has 0 fully saturated rings. The Kier molecular flexibility index (Phi) is 4.43. The van der Waals surface area contributed by atoms with Crippen LogP contribution >= 0.6 is 15.9 Å². The van der Waals surface area contributed by atoms with Crippen molar-refractivity contribution < 1.29 is 15.0 Å². The van der Waals surface area contributed by atoms with Crippen LogP contribution in [0.4, 0.5) is 0 Å². The molecule has 4 heteroatoms. The average Bonchev–Trinajstić information content (AvgIpc) is 2.53. The zero-order valence-corrected chi connectivity index (χ0v) is 13.6. The number of rotatable bonds is 3. The van der Waals surface area contributed by atoms with E-state index in [9.17, 15) is 9.90 Å². The van der Waals surface area contributed by atoms with Crippen LogP contribution in [0, 0.1) is 0 Å². The van der Waals surface area contributed by atoms with Gasteiger partial charge in [-0.05, 0) is 58.8 Å². The van der Waals surface area contributed by atoms with Gasteiger partial charge in [0.15, 0.2) is 0 Å². The van der Waals surface area contributed by atoms with Crippen LogP contribution in [0.5, 0.6) is 5.75 Å². The first kappa shape index (κ1) is 15.4. The minimum absolute atomic E-state index is 0.0173. The topological polar surface area (TPSA) is 57.5 Å².